The Morgan fingerprint density at radius 1 is 1.08 bits per heavy atom. The lowest BCUT2D eigenvalue weighted by molar-refractivity contribution is 0.103. The largest absolute Gasteiger partial charge is 0.368 e. The molecule has 36 heavy (non-hydrogen) atoms. The summed E-state index contributed by atoms with van der Waals surface area (Å²) in [7, 11) is 0. The van der Waals surface area contributed by atoms with Gasteiger partial charge in [0.1, 0.15) is 0 Å². The van der Waals surface area contributed by atoms with Crippen molar-refractivity contribution < 1.29 is 4.79 Å². The molecular formula is C30H28N4OS. The molecule has 0 radical (unpaired) electrons. The second-order valence-corrected chi connectivity index (χ2v) is 11.8. The van der Waals surface area contributed by atoms with Crippen LogP contribution in [0.15, 0.2) is 47.8 Å². The predicted octanol–water partition coefficient (Wildman–Crippen LogP) is 5.92. The highest BCUT2D eigenvalue weighted by Crippen LogP contribution is 2.47. The summed E-state index contributed by atoms with van der Waals surface area (Å²) >= 11 is 1.69. The fraction of sp³-hybridized carbons (Fsp3) is 0.333. The molecule has 0 spiro atoms. The van der Waals surface area contributed by atoms with Gasteiger partial charge in [0, 0.05) is 70.4 Å². The number of thiophene rings is 1. The number of fused-ring (bicyclic) bond motifs is 4. The van der Waals surface area contributed by atoms with E-state index in [9.17, 15) is 10.1 Å². The van der Waals surface area contributed by atoms with Gasteiger partial charge in [-0.15, -0.1) is 11.3 Å². The zero-order valence-corrected chi connectivity index (χ0v) is 21.4. The first-order valence-electron chi connectivity index (χ1n) is 12.8. The molecule has 3 heterocycles. The Balaban J connectivity index is 1.40. The predicted molar refractivity (Wildman–Crippen MR) is 145 cm³/mol. The van der Waals surface area contributed by atoms with Crippen LogP contribution in [0.4, 0.5) is 5.69 Å². The highest BCUT2D eigenvalue weighted by Gasteiger charge is 2.41. The van der Waals surface area contributed by atoms with Gasteiger partial charge in [-0.1, -0.05) is 32.0 Å². The van der Waals surface area contributed by atoms with Crippen LogP contribution in [0.1, 0.15) is 59.4 Å². The summed E-state index contributed by atoms with van der Waals surface area (Å²) in [6, 6.07) is 17.5. The molecule has 1 N–H and O–H groups in total. The summed E-state index contributed by atoms with van der Waals surface area (Å²) in [5.41, 5.74) is 6.80. The standard InChI is InChI=1S/C30H28N4OS/c1-30(2)22-8-5-19(25-4-3-13-36-25)16-21(22)28(35)27-26-23(32-29(27)30)14-18(17-31)15-24(26)34-11-9-33(10-12-34)20-6-7-20/h3-5,8,13-16,20,32H,6-7,9-12H2,1-2H3. The van der Waals surface area contributed by atoms with Gasteiger partial charge in [-0.25, -0.2) is 0 Å². The van der Waals surface area contributed by atoms with E-state index in [4.69, 9.17) is 0 Å². The monoisotopic (exact) mass is 492 g/mol. The number of carbonyl (C=O) groups is 1. The maximum absolute atomic E-state index is 14.2. The second-order valence-electron chi connectivity index (χ2n) is 10.9. The first kappa shape index (κ1) is 21.8. The summed E-state index contributed by atoms with van der Waals surface area (Å²) < 4.78 is 0. The van der Waals surface area contributed by atoms with Crippen molar-refractivity contribution in [2.24, 2.45) is 0 Å². The van der Waals surface area contributed by atoms with Crippen molar-refractivity contribution >= 4 is 33.7 Å². The molecule has 5 nitrogen and oxygen atoms in total. The molecule has 2 fully saturated rings. The van der Waals surface area contributed by atoms with Crippen molar-refractivity contribution in [3.05, 3.63) is 75.8 Å². The Kier molecular flexibility index (Phi) is 4.73. The third-order valence-corrected chi connectivity index (χ3v) is 9.24. The number of hydrogen-bond acceptors (Lipinski definition) is 5. The van der Waals surface area contributed by atoms with Crippen LogP contribution in [-0.2, 0) is 5.41 Å². The number of anilines is 1. The molecular weight excluding hydrogens is 464 g/mol. The SMILES string of the molecule is CC1(C)c2ccc(-c3cccs3)cc2C(=O)c2c1[nH]c1cc(C#N)cc(N3CCN(C4CC4)CC3)c21. The number of ketones is 1. The number of aromatic nitrogens is 1. The van der Waals surface area contributed by atoms with E-state index in [-0.39, 0.29) is 11.2 Å². The number of aromatic amines is 1. The van der Waals surface area contributed by atoms with Crippen LogP contribution in [0.5, 0.6) is 0 Å². The van der Waals surface area contributed by atoms with Gasteiger partial charge in [0.25, 0.3) is 0 Å². The molecule has 2 aliphatic carbocycles. The summed E-state index contributed by atoms with van der Waals surface area (Å²) in [6.07, 6.45) is 2.63. The summed E-state index contributed by atoms with van der Waals surface area (Å²) in [6.45, 7) is 8.27. The van der Waals surface area contributed by atoms with Crippen molar-refractivity contribution in [3.8, 4) is 16.5 Å². The van der Waals surface area contributed by atoms with E-state index in [0.29, 0.717) is 5.56 Å². The lowest BCUT2D eigenvalue weighted by Gasteiger charge is -2.37. The first-order valence-corrected chi connectivity index (χ1v) is 13.7. The van der Waals surface area contributed by atoms with Crippen LogP contribution in [-0.4, -0.2) is 47.9 Å². The zero-order valence-electron chi connectivity index (χ0n) is 20.6. The fourth-order valence-electron chi connectivity index (χ4n) is 6.23. The minimum atomic E-state index is -0.361. The molecule has 1 saturated heterocycles. The number of piperazine rings is 1. The number of carbonyl (C=O) groups excluding carboxylic acids is 1. The van der Waals surface area contributed by atoms with Gasteiger partial charge in [-0.3, -0.25) is 9.69 Å². The molecule has 1 saturated carbocycles. The normalized spacial score (nSPS) is 19.2. The average Bonchev–Trinajstić information content (AvgIpc) is 3.44. The molecule has 0 unspecified atom stereocenters. The van der Waals surface area contributed by atoms with Crippen molar-refractivity contribution in [2.45, 2.75) is 38.1 Å². The second kappa shape index (κ2) is 7.80. The quantitative estimate of drug-likeness (QED) is 0.385. The Morgan fingerprint density at radius 2 is 1.89 bits per heavy atom. The third kappa shape index (κ3) is 3.20. The smallest absolute Gasteiger partial charge is 0.195 e. The van der Waals surface area contributed by atoms with Crippen molar-refractivity contribution in [1.29, 1.82) is 5.26 Å². The number of H-pyrrole nitrogens is 1. The number of benzene rings is 2. The minimum absolute atomic E-state index is 0.0755. The van der Waals surface area contributed by atoms with Gasteiger partial charge in [0.15, 0.2) is 5.78 Å². The highest BCUT2D eigenvalue weighted by molar-refractivity contribution is 7.13. The Hall–Kier alpha value is -3.40. The fourth-order valence-corrected chi connectivity index (χ4v) is 6.95. The van der Waals surface area contributed by atoms with Gasteiger partial charge in [0.05, 0.1) is 17.2 Å². The Bertz CT molecular complexity index is 1560. The van der Waals surface area contributed by atoms with Gasteiger partial charge in [0.2, 0.25) is 0 Å². The number of rotatable bonds is 3. The zero-order chi connectivity index (χ0) is 24.6. The molecule has 1 aliphatic heterocycles. The van der Waals surface area contributed by atoms with Crippen LogP contribution >= 0.6 is 11.3 Å². The van der Waals surface area contributed by atoms with E-state index in [0.717, 1.165) is 76.8 Å². The average molecular weight is 493 g/mol. The first-order chi connectivity index (χ1) is 17.5. The minimum Gasteiger partial charge on any atom is -0.368 e. The Morgan fingerprint density at radius 3 is 2.58 bits per heavy atom. The highest BCUT2D eigenvalue weighted by atomic mass is 32.1. The summed E-state index contributed by atoms with van der Waals surface area (Å²) in [5.74, 6) is 0.0755. The molecule has 4 aromatic rings. The van der Waals surface area contributed by atoms with E-state index in [1.807, 2.05) is 18.2 Å². The molecule has 2 aromatic carbocycles. The molecule has 0 bridgehead atoms. The number of nitriles is 1. The molecule has 0 atom stereocenters. The van der Waals surface area contributed by atoms with Crippen LogP contribution in [0.2, 0.25) is 0 Å². The van der Waals surface area contributed by atoms with Crippen molar-refractivity contribution in [3.63, 3.8) is 0 Å². The lowest BCUT2D eigenvalue weighted by Crippen LogP contribution is -2.47. The van der Waals surface area contributed by atoms with Crippen LogP contribution in [0.3, 0.4) is 0 Å². The molecule has 180 valence electrons. The van der Waals surface area contributed by atoms with E-state index in [2.05, 4.69) is 64.3 Å². The van der Waals surface area contributed by atoms with Gasteiger partial charge < -0.3 is 9.88 Å². The molecule has 2 aromatic heterocycles. The summed E-state index contributed by atoms with van der Waals surface area (Å²) in [4.78, 5) is 24.0. The lowest BCUT2D eigenvalue weighted by atomic mass is 9.71. The topological polar surface area (TPSA) is 63.1 Å². The maximum Gasteiger partial charge on any atom is 0.195 e. The number of hydrogen-bond donors (Lipinski definition) is 1. The van der Waals surface area contributed by atoms with E-state index < -0.39 is 0 Å². The number of nitrogens with one attached hydrogen (secondary N) is 1. The van der Waals surface area contributed by atoms with Crippen molar-refractivity contribution in [2.75, 3.05) is 31.1 Å². The number of nitrogens with zero attached hydrogens (tertiary/aromatic N) is 3. The molecule has 6 heteroatoms. The van der Waals surface area contributed by atoms with Crippen LogP contribution in [0.25, 0.3) is 21.3 Å². The molecule has 7 rings (SSSR count). The molecule has 3 aliphatic rings. The third-order valence-electron chi connectivity index (χ3n) is 8.32. The van der Waals surface area contributed by atoms with Gasteiger partial charge >= 0.3 is 0 Å². The van der Waals surface area contributed by atoms with E-state index >= 15 is 0 Å². The van der Waals surface area contributed by atoms with Crippen LogP contribution < -0.4 is 4.90 Å². The van der Waals surface area contributed by atoms with Gasteiger partial charge in [-0.05, 0) is 53.6 Å². The van der Waals surface area contributed by atoms with Crippen molar-refractivity contribution in [1.82, 2.24) is 9.88 Å². The van der Waals surface area contributed by atoms with E-state index in [1.165, 1.54) is 17.7 Å². The summed E-state index contributed by atoms with van der Waals surface area (Å²) in [5, 5.41) is 12.8. The van der Waals surface area contributed by atoms with E-state index in [1.54, 1.807) is 11.3 Å². The van der Waals surface area contributed by atoms with Crippen LogP contribution in [0, 0.1) is 11.3 Å². The van der Waals surface area contributed by atoms with Gasteiger partial charge in [-0.2, -0.15) is 5.26 Å². The maximum atomic E-state index is 14.2. The molecule has 0 amide bonds. The Labute approximate surface area is 215 Å².